The highest BCUT2D eigenvalue weighted by Crippen LogP contribution is 2.20. The highest BCUT2D eigenvalue weighted by atomic mass is 14.9. The molecule has 1 aromatic rings. The molecule has 106 valence electrons. The van der Waals surface area contributed by atoms with Crippen molar-refractivity contribution >= 4 is 0 Å². The van der Waals surface area contributed by atoms with Crippen LogP contribution in [0.4, 0.5) is 0 Å². The molecule has 1 aliphatic rings. The lowest BCUT2D eigenvalue weighted by molar-refractivity contribution is 0.423. The molecule has 0 aliphatic heterocycles. The van der Waals surface area contributed by atoms with Crippen molar-refractivity contribution in [3.05, 3.63) is 35.4 Å². The van der Waals surface area contributed by atoms with Gasteiger partial charge >= 0.3 is 0 Å². The summed E-state index contributed by atoms with van der Waals surface area (Å²) in [5, 5.41) is 3.66. The van der Waals surface area contributed by atoms with E-state index < -0.39 is 0 Å². The summed E-state index contributed by atoms with van der Waals surface area (Å²) >= 11 is 0. The van der Waals surface area contributed by atoms with Gasteiger partial charge in [-0.25, -0.2) is 0 Å². The molecule has 0 fully saturated rings. The molecule has 0 radical (unpaired) electrons. The van der Waals surface area contributed by atoms with Crippen molar-refractivity contribution in [1.29, 1.82) is 0 Å². The maximum atomic E-state index is 6.16. The molecule has 1 aromatic carbocycles. The van der Waals surface area contributed by atoms with E-state index in [2.05, 4.69) is 36.5 Å². The van der Waals surface area contributed by atoms with Crippen LogP contribution in [-0.2, 0) is 12.8 Å². The van der Waals surface area contributed by atoms with Crippen LogP contribution in [0.3, 0.4) is 0 Å². The van der Waals surface area contributed by atoms with Gasteiger partial charge in [-0.3, -0.25) is 0 Å². The third-order valence-electron chi connectivity index (χ3n) is 4.19. The molecular weight excluding hydrogens is 232 g/mol. The largest absolute Gasteiger partial charge is 0.327 e. The van der Waals surface area contributed by atoms with Gasteiger partial charge in [0.05, 0.1) is 0 Å². The first kappa shape index (κ1) is 14.5. The lowest BCUT2D eigenvalue weighted by Crippen LogP contribution is -2.42. The van der Waals surface area contributed by atoms with Crippen LogP contribution in [0.15, 0.2) is 24.3 Å². The molecular formula is C17H28N2. The van der Waals surface area contributed by atoms with E-state index in [-0.39, 0.29) is 0 Å². The van der Waals surface area contributed by atoms with Crippen LogP contribution < -0.4 is 11.1 Å². The Hall–Kier alpha value is -0.860. The Kier molecular flexibility index (Phi) is 5.87. The molecule has 1 aliphatic carbocycles. The SMILES string of the molecule is CCCCC[C@H](N)CNC1CCc2ccccc2C1. The number of aryl methyl sites for hydroxylation is 1. The number of unbranched alkanes of at least 4 members (excludes halogenated alkanes) is 2. The number of nitrogens with one attached hydrogen (secondary N) is 1. The lowest BCUT2D eigenvalue weighted by atomic mass is 9.88. The highest BCUT2D eigenvalue weighted by Gasteiger charge is 2.18. The van der Waals surface area contributed by atoms with Crippen LogP contribution in [0, 0.1) is 0 Å². The molecule has 1 unspecified atom stereocenters. The first-order valence-corrected chi connectivity index (χ1v) is 7.85. The van der Waals surface area contributed by atoms with Gasteiger partial charge in [-0.2, -0.15) is 0 Å². The second-order valence-electron chi connectivity index (χ2n) is 5.87. The quantitative estimate of drug-likeness (QED) is 0.740. The molecule has 19 heavy (non-hydrogen) atoms. The fraction of sp³-hybridized carbons (Fsp3) is 0.647. The minimum Gasteiger partial charge on any atom is -0.327 e. The van der Waals surface area contributed by atoms with Crippen LogP contribution >= 0.6 is 0 Å². The standard InChI is InChI=1S/C17H28N2/c1-2-3-4-9-16(18)13-19-17-11-10-14-7-5-6-8-15(14)12-17/h5-8,16-17,19H,2-4,9-13,18H2,1H3/t16-,17?/m0/s1. The van der Waals surface area contributed by atoms with E-state index in [1.807, 2.05) is 0 Å². The molecule has 2 heteroatoms. The van der Waals surface area contributed by atoms with Crippen molar-refractivity contribution in [1.82, 2.24) is 5.32 Å². The van der Waals surface area contributed by atoms with E-state index in [9.17, 15) is 0 Å². The second kappa shape index (κ2) is 7.66. The monoisotopic (exact) mass is 260 g/mol. The fourth-order valence-corrected chi connectivity index (χ4v) is 2.95. The molecule has 0 amide bonds. The molecule has 0 aromatic heterocycles. The van der Waals surface area contributed by atoms with Crippen molar-refractivity contribution in [2.75, 3.05) is 6.54 Å². The van der Waals surface area contributed by atoms with Gasteiger partial charge in [0.1, 0.15) is 0 Å². The summed E-state index contributed by atoms with van der Waals surface area (Å²) in [4.78, 5) is 0. The van der Waals surface area contributed by atoms with Crippen LogP contribution in [0.2, 0.25) is 0 Å². The third-order valence-corrected chi connectivity index (χ3v) is 4.19. The Balaban J connectivity index is 1.70. The Morgan fingerprint density at radius 2 is 2.05 bits per heavy atom. The van der Waals surface area contributed by atoms with Crippen molar-refractivity contribution in [3.8, 4) is 0 Å². The van der Waals surface area contributed by atoms with E-state index in [0.29, 0.717) is 12.1 Å². The molecule has 0 saturated heterocycles. The van der Waals surface area contributed by atoms with Gasteiger partial charge in [-0.05, 0) is 36.8 Å². The summed E-state index contributed by atoms with van der Waals surface area (Å²) in [6, 6.07) is 9.77. The van der Waals surface area contributed by atoms with Gasteiger partial charge in [0, 0.05) is 18.6 Å². The minimum atomic E-state index is 0.323. The zero-order valence-corrected chi connectivity index (χ0v) is 12.2. The molecule has 2 nitrogen and oxygen atoms in total. The second-order valence-corrected chi connectivity index (χ2v) is 5.87. The molecule has 0 spiro atoms. The summed E-state index contributed by atoms with van der Waals surface area (Å²) < 4.78 is 0. The van der Waals surface area contributed by atoms with Gasteiger partial charge < -0.3 is 11.1 Å². The van der Waals surface area contributed by atoms with Crippen LogP contribution in [-0.4, -0.2) is 18.6 Å². The van der Waals surface area contributed by atoms with Crippen molar-refractivity contribution in [3.63, 3.8) is 0 Å². The van der Waals surface area contributed by atoms with E-state index >= 15 is 0 Å². The van der Waals surface area contributed by atoms with Gasteiger partial charge in [-0.1, -0.05) is 50.5 Å². The predicted octanol–water partition coefficient (Wildman–Crippen LogP) is 3.04. The van der Waals surface area contributed by atoms with E-state index in [1.54, 1.807) is 0 Å². The lowest BCUT2D eigenvalue weighted by Gasteiger charge is -2.26. The van der Waals surface area contributed by atoms with Gasteiger partial charge in [0.15, 0.2) is 0 Å². The molecule has 0 bridgehead atoms. The zero-order chi connectivity index (χ0) is 13.5. The first-order valence-electron chi connectivity index (χ1n) is 7.85. The molecule has 3 N–H and O–H groups in total. The van der Waals surface area contributed by atoms with E-state index in [0.717, 1.165) is 19.4 Å². The average Bonchev–Trinajstić information content (AvgIpc) is 2.45. The molecule has 0 heterocycles. The summed E-state index contributed by atoms with van der Waals surface area (Å²) in [5.74, 6) is 0. The van der Waals surface area contributed by atoms with Gasteiger partial charge in [0.25, 0.3) is 0 Å². The number of hydrogen-bond donors (Lipinski definition) is 2. The maximum Gasteiger partial charge on any atom is 0.0165 e. The minimum absolute atomic E-state index is 0.323. The maximum absolute atomic E-state index is 6.16. The zero-order valence-electron chi connectivity index (χ0n) is 12.2. The van der Waals surface area contributed by atoms with E-state index in [1.165, 1.54) is 43.2 Å². The number of rotatable bonds is 7. The van der Waals surface area contributed by atoms with Gasteiger partial charge in [0.2, 0.25) is 0 Å². The van der Waals surface area contributed by atoms with Gasteiger partial charge in [-0.15, -0.1) is 0 Å². The summed E-state index contributed by atoms with van der Waals surface area (Å²) in [6.07, 6.45) is 8.64. The topological polar surface area (TPSA) is 38.0 Å². The molecule has 0 saturated carbocycles. The van der Waals surface area contributed by atoms with Crippen LogP contribution in [0.25, 0.3) is 0 Å². The smallest absolute Gasteiger partial charge is 0.0165 e. The van der Waals surface area contributed by atoms with E-state index in [4.69, 9.17) is 5.73 Å². The Labute approximate surface area is 117 Å². The predicted molar refractivity (Wildman–Crippen MR) is 82.4 cm³/mol. The number of hydrogen-bond acceptors (Lipinski definition) is 2. The van der Waals surface area contributed by atoms with Crippen LogP contribution in [0.1, 0.15) is 50.2 Å². The Morgan fingerprint density at radius 1 is 1.26 bits per heavy atom. The molecule has 2 rings (SSSR count). The fourth-order valence-electron chi connectivity index (χ4n) is 2.95. The van der Waals surface area contributed by atoms with Crippen LogP contribution in [0.5, 0.6) is 0 Å². The average molecular weight is 260 g/mol. The summed E-state index contributed by atoms with van der Waals surface area (Å²) in [5.41, 5.74) is 9.22. The Bertz CT molecular complexity index is 375. The third kappa shape index (κ3) is 4.63. The highest BCUT2D eigenvalue weighted by molar-refractivity contribution is 5.30. The number of benzene rings is 1. The van der Waals surface area contributed by atoms with Crippen molar-refractivity contribution in [2.45, 2.75) is 64.0 Å². The summed E-state index contributed by atoms with van der Waals surface area (Å²) in [6.45, 7) is 3.21. The Morgan fingerprint density at radius 3 is 2.84 bits per heavy atom. The van der Waals surface area contributed by atoms with Crippen molar-refractivity contribution < 1.29 is 0 Å². The first-order chi connectivity index (χ1) is 9.29. The van der Waals surface area contributed by atoms with Crippen molar-refractivity contribution in [2.24, 2.45) is 5.73 Å². The summed E-state index contributed by atoms with van der Waals surface area (Å²) in [7, 11) is 0. The normalized spacial score (nSPS) is 20.0. The number of fused-ring (bicyclic) bond motifs is 1. The number of nitrogens with two attached hydrogens (primary N) is 1. The molecule has 2 atom stereocenters.